The molecular weight excluding hydrogens is 234 g/mol. The van der Waals surface area contributed by atoms with Crippen LogP contribution in [-0.2, 0) is 9.53 Å². The van der Waals surface area contributed by atoms with Crippen LogP contribution >= 0.6 is 11.3 Å². The van der Waals surface area contributed by atoms with E-state index in [1.54, 1.807) is 6.92 Å². The first-order valence-electron chi connectivity index (χ1n) is 5.30. The zero-order valence-corrected chi connectivity index (χ0v) is 10.2. The van der Waals surface area contributed by atoms with Crippen molar-refractivity contribution in [2.75, 3.05) is 6.61 Å². The fourth-order valence-electron chi connectivity index (χ4n) is 1.70. The highest BCUT2D eigenvalue weighted by atomic mass is 32.1. The maximum Gasteiger partial charge on any atom is 0.327 e. The predicted molar refractivity (Wildman–Crippen MR) is 66.8 cm³/mol. The summed E-state index contributed by atoms with van der Waals surface area (Å²) in [6.45, 7) is 2.02. The number of nitriles is 1. The van der Waals surface area contributed by atoms with Crippen molar-refractivity contribution < 1.29 is 9.53 Å². The number of carbonyl (C=O) groups is 1. The highest BCUT2D eigenvalue weighted by molar-refractivity contribution is 7.17. The highest BCUT2D eigenvalue weighted by Crippen LogP contribution is 2.31. The number of benzene rings is 1. The Hall–Kier alpha value is -1.86. The van der Waals surface area contributed by atoms with E-state index in [1.165, 1.54) is 11.3 Å². The van der Waals surface area contributed by atoms with Crippen LogP contribution in [0.15, 0.2) is 29.6 Å². The smallest absolute Gasteiger partial charge is 0.327 e. The number of hydrogen-bond acceptors (Lipinski definition) is 4. The number of ether oxygens (including phenoxy) is 1. The van der Waals surface area contributed by atoms with E-state index >= 15 is 0 Å². The summed E-state index contributed by atoms with van der Waals surface area (Å²) in [5.41, 5.74) is 0.742. The third kappa shape index (κ3) is 2.15. The molecule has 1 aromatic heterocycles. The van der Waals surface area contributed by atoms with Gasteiger partial charge in [0.25, 0.3) is 0 Å². The molecule has 1 heterocycles. The molecular formula is C13H11NO2S. The molecule has 0 aliphatic rings. The summed E-state index contributed by atoms with van der Waals surface area (Å²) >= 11 is 1.53. The predicted octanol–water partition coefficient (Wildman–Crippen LogP) is 3.07. The number of esters is 1. The van der Waals surface area contributed by atoms with Crippen molar-refractivity contribution >= 4 is 27.4 Å². The standard InChI is InChI=1S/C13H11NO2S/c1-2-16-13(15)10(7-14)11-8-17-12-6-4-3-5-9(11)12/h3-6,8,10H,2H2,1H3. The van der Waals surface area contributed by atoms with Gasteiger partial charge in [0.05, 0.1) is 12.7 Å². The summed E-state index contributed by atoms with van der Waals surface area (Å²) in [5.74, 6) is -1.30. The fraction of sp³-hybridized carbons (Fsp3) is 0.231. The lowest BCUT2D eigenvalue weighted by Gasteiger charge is -2.07. The van der Waals surface area contributed by atoms with E-state index in [-0.39, 0.29) is 0 Å². The molecule has 0 aliphatic carbocycles. The summed E-state index contributed by atoms with van der Waals surface area (Å²) < 4.78 is 5.99. The van der Waals surface area contributed by atoms with E-state index in [4.69, 9.17) is 10.00 Å². The van der Waals surface area contributed by atoms with E-state index in [9.17, 15) is 4.79 Å². The molecule has 86 valence electrons. The van der Waals surface area contributed by atoms with Gasteiger partial charge in [-0.15, -0.1) is 11.3 Å². The van der Waals surface area contributed by atoms with E-state index in [0.29, 0.717) is 6.61 Å². The second kappa shape index (κ2) is 4.98. The Balaban J connectivity index is 2.44. The summed E-state index contributed by atoms with van der Waals surface area (Å²) in [7, 11) is 0. The molecule has 0 saturated carbocycles. The molecule has 1 aromatic carbocycles. The Morgan fingerprint density at radius 2 is 2.29 bits per heavy atom. The quantitative estimate of drug-likeness (QED) is 0.781. The molecule has 2 aromatic rings. The van der Waals surface area contributed by atoms with E-state index in [1.807, 2.05) is 35.7 Å². The highest BCUT2D eigenvalue weighted by Gasteiger charge is 2.24. The number of rotatable bonds is 3. The van der Waals surface area contributed by atoms with Crippen molar-refractivity contribution in [3.8, 4) is 6.07 Å². The van der Waals surface area contributed by atoms with Gasteiger partial charge in [-0.05, 0) is 29.3 Å². The molecule has 0 aliphatic heterocycles. The number of fused-ring (bicyclic) bond motifs is 1. The number of hydrogen-bond donors (Lipinski definition) is 0. The van der Waals surface area contributed by atoms with Gasteiger partial charge in [-0.25, -0.2) is 0 Å². The van der Waals surface area contributed by atoms with Crippen molar-refractivity contribution in [1.29, 1.82) is 5.26 Å². The van der Waals surface area contributed by atoms with Crippen molar-refractivity contribution in [2.24, 2.45) is 0 Å². The van der Waals surface area contributed by atoms with Gasteiger partial charge in [-0.3, -0.25) is 4.79 Å². The van der Waals surface area contributed by atoms with Gasteiger partial charge in [0, 0.05) is 4.70 Å². The van der Waals surface area contributed by atoms with Gasteiger partial charge in [0.15, 0.2) is 5.92 Å². The Labute approximate surface area is 103 Å². The molecule has 17 heavy (non-hydrogen) atoms. The minimum atomic E-state index is -0.828. The molecule has 0 radical (unpaired) electrons. The van der Waals surface area contributed by atoms with Gasteiger partial charge in [-0.1, -0.05) is 18.2 Å². The minimum Gasteiger partial charge on any atom is -0.465 e. The molecule has 1 atom stereocenters. The zero-order valence-electron chi connectivity index (χ0n) is 9.34. The Morgan fingerprint density at radius 3 is 3.00 bits per heavy atom. The average molecular weight is 245 g/mol. The van der Waals surface area contributed by atoms with Crippen LogP contribution in [0.5, 0.6) is 0 Å². The third-order valence-corrected chi connectivity index (χ3v) is 3.46. The largest absolute Gasteiger partial charge is 0.465 e. The number of nitrogens with zero attached hydrogens (tertiary/aromatic N) is 1. The van der Waals surface area contributed by atoms with E-state index < -0.39 is 11.9 Å². The normalized spacial score (nSPS) is 12.0. The molecule has 1 unspecified atom stereocenters. The molecule has 2 rings (SSSR count). The molecule has 0 N–H and O–H groups in total. The molecule has 0 spiro atoms. The topological polar surface area (TPSA) is 50.1 Å². The monoisotopic (exact) mass is 245 g/mol. The van der Waals surface area contributed by atoms with Crippen molar-refractivity contribution in [3.63, 3.8) is 0 Å². The van der Waals surface area contributed by atoms with Crippen LogP contribution in [0.4, 0.5) is 0 Å². The Bertz CT molecular complexity index is 582. The minimum absolute atomic E-state index is 0.291. The maximum absolute atomic E-state index is 11.7. The van der Waals surface area contributed by atoms with Gasteiger partial charge < -0.3 is 4.74 Å². The summed E-state index contributed by atoms with van der Waals surface area (Å²) in [4.78, 5) is 11.7. The van der Waals surface area contributed by atoms with Gasteiger partial charge in [0.2, 0.25) is 0 Å². The Morgan fingerprint density at radius 1 is 1.53 bits per heavy atom. The summed E-state index contributed by atoms with van der Waals surface area (Å²) in [6, 6.07) is 9.75. The lowest BCUT2D eigenvalue weighted by molar-refractivity contribution is -0.143. The maximum atomic E-state index is 11.7. The van der Waals surface area contributed by atoms with Gasteiger partial charge in [0.1, 0.15) is 0 Å². The summed E-state index contributed by atoms with van der Waals surface area (Å²) in [5, 5.41) is 11.9. The number of carbonyl (C=O) groups excluding carboxylic acids is 1. The summed E-state index contributed by atoms with van der Waals surface area (Å²) in [6.07, 6.45) is 0. The lowest BCUT2D eigenvalue weighted by Crippen LogP contribution is -2.13. The lowest BCUT2D eigenvalue weighted by atomic mass is 10.0. The van der Waals surface area contributed by atoms with Crippen LogP contribution < -0.4 is 0 Å². The van der Waals surface area contributed by atoms with Crippen LogP contribution in [0.3, 0.4) is 0 Å². The number of thiophene rings is 1. The van der Waals surface area contributed by atoms with Gasteiger partial charge >= 0.3 is 5.97 Å². The molecule has 0 fully saturated rings. The third-order valence-electron chi connectivity index (χ3n) is 2.47. The molecule has 3 nitrogen and oxygen atoms in total. The second-order valence-electron chi connectivity index (χ2n) is 3.50. The SMILES string of the molecule is CCOC(=O)C(C#N)c1csc2ccccc12. The molecule has 0 amide bonds. The van der Waals surface area contributed by atoms with E-state index in [0.717, 1.165) is 15.6 Å². The molecule has 0 saturated heterocycles. The van der Waals surface area contributed by atoms with Crippen LogP contribution in [0, 0.1) is 11.3 Å². The van der Waals surface area contributed by atoms with Crippen molar-refractivity contribution in [2.45, 2.75) is 12.8 Å². The van der Waals surface area contributed by atoms with E-state index in [2.05, 4.69) is 0 Å². The van der Waals surface area contributed by atoms with Gasteiger partial charge in [-0.2, -0.15) is 5.26 Å². The first-order valence-corrected chi connectivity index (χ1v) is 6.18. The van der Waals surface area contributed by atoms with Crippen LogP contribution in [-0.4, -0.2) is 12.6 Å². The van der Waals surface area contributed by atoms with Crippen molar-refractivity contribution in [3.05, 3.63) is 35.2 Å². The van der Waals surface area contributed by atoms with Crippen LogP contribution in [0.2, 0.25) is 0 Å². The Kier molecular flexibility index (Phi) is 3.40. The van der Waals surface area contributed by atoms with Crippen LogP contribution in [0.1, 0.15) is 18.4 Å². The molecule has 4 heteroatoms. The zero-order chi connectivity index (χ0) is 12.3. The molecule has 0 bridgehead atoms. The van der Waals surface area contributed by atoms with Crippen LogP contribution in [0.25, 0.3) is 10.1 Å². The first-order chi connectivity index (χ1) is 8.27. The average Bonchev–Trinajstić information content (AvgIpc) is 2.75. The van der Waals surface area contributed by atoms with Crippen molar-refractivity contribution in [1.82, 2.24) is 0 Å². The fourth-order valence-corrected chi connectivity index (χ4v) is 2.68. The second-order valence-corrected chi connectivity index (χ2v) is 4.41. The first kappa shape index (κ1) is 11.6.